The van der Waals surface area contributed by atoms with Crippen LogP contribution in [0.25, 0.3) is 6.08 Å². The Balaban J connectivity index is 1.58. The van der Waals surface area contributed by atoms with E-state index < -0.39 is 17.8 Å². The third-order valence-corrected chi connectivity index (χ3v) is 4.91. The van der Waals surface area contributed by atoms with E-state index in [0.717, 1.165) is 16.7 Å². The second-order valence-corrected chi connectivity index (χ2v) is 6.92. The largest absolute Gasteiger partial charge is 0.469 e. The van der Waals surface area contributed by atoms with Gasteiger partial charge in [-0.3, -0.25) is 19.3 Å². The molecule has 0 bridgehead atoms. The highest BCUT2D eigenvalue weighted by molar-refractivity contribution is 8.18. The van der Waals surface area contributed by atoms with Gasteiger partial charge < -0.3 is 14.5 Å². The molecule has 2 aromatic rings. The zero-order chi connectivity index (χ0) is 21.0. The van der Waals surface area contributed by atoms with Gasteiger partial charge in [-0.2, -0.15) is 8.78 Å². The fourth-order valence-electron chi connectivity index (χ4n) is 2.59. The van der Waals surface area contributed by atoms with Crippen LogP contribution in [-0.4, -0.2) is 41.7 Å². The van der Waals surface area contributed by atoms with Crippen LogP contribution in [0.4, 0.5) is 13.6 Å². The Hall–Kier alpha value is -3.14. The first-order valence-electron chi connectivity index (χ1n) is 8.47. The summed E-state index contributed by atoms with van der Waals surface area (Å²) < 4.78 is 33.7. The van der Waals surface area contributed by atoms with Gasteiger partial charge in [0, 0.05) is 13.1 Å². The maximum absolute atomic E-state index is 12.5. The Morgan fingerprint density at radius 1 is 1.28 bits per heavy atom. The number of rotatable bonds is 7. The quantitative estimate of drug-likeness (QED) is 0.685. The lowest BCUT2D eigenvalue weighted by Crippen LogP contribution is -2.37. The maximum atomic E-state index is 12.5. The van der Waals surface area contributed by atoms with Gasteiger partial charge in [-0.05, 0) is 48.5 Å². The normalized spacial score (nSPS) is 15.4. The van der Waals surface area contributed by atoms with Gasteiger partial charge in [0.1, 0.15) is 11.5 Å². The van der Waals surface area contributed by atoms with Crippen molar-refractivity contribution in [1.29, 1.82) is 0 Å². The topological polar surface area (TPSA) is 88.8 Å². The van der Waals surface area contributed by atoms with Crippen LogP contribution in [0.3, 0.4) is 0 Å². The molecule has 10 heteroatoms. The zero-order valence-corrected chi connectivity index (χ0v) is 16.0. The lowest BCUT2D eigenvalue weighted by Gasteiger charge is -2.12. The molecule has 1 aliphatic rings. The summed E-state index contributed by atoms with van der Waals surface area (Å²) in [6.07, 6.45) is 2.89. The number of halogens is 2. The highest BCUT2D eigenvalue weighted by Crippen LogP contribution is 2.32. The molecule has 0 saturated carbocycles. The number of benzene rings is 1. The molecule has 29 heavy (non-hydrogen) atoms. The Morgan fingerprint density at radius 3 is 2.62 bits per heavy atom. The van der Waals surface area contributed by atoms with Crippen LogP contribution in [0, 0.1) is 6.92 Å². The summed E-state index contributed by atoms with van der Waals surface area (Å²) in [6, 6.07) is 7.22. The molecule has 1 N–H and O–H groups in total. The fraction of sp³-hybridized carbons (Fsp3) is 0.211. The van der Waals surface area contributed by atoms with E-state index >= 15 is 0 Å². The number of imide groups is 1. The smallest absolute Gasteiger partial charge is 0.387 e. The average Bonchev–Trinajstić information content (AvgIpc) is 3.21. The van der Waals surface area contributed by atoms with Crippen molar-refractivity contribution in [3.8, 4) is 5.75 Å². The summed E-state index contributed by atoms with van der Waals surface area (Å²) in [5, 5.41) is 2.18. The van der Waals surface area contributed by atoms with Crippen molar-refractivity contribution in [2.45, 2.75) is 13.5 Å². The van der Waals surface area contributed by atoms with Crippen LogP contribution in [0.2, 0.25) is 0 Å². The van der Waals surface area contributed by atoms with E-state index in [1.54, 1.807) is 6.92 Å². The predicted octanol–water partition coefficient (Wildman–Crippen LogP) is 3.66. The molecule has 152 valence electrons. The number of alkyl halides is 2. The van der Waals surface area contributed by atoms with Crippen LogP contribution >= 0.6 is 11.8 Å². The molecular weight excluding hydrogens is 406 g/mol. The molecule has 3 amide bonds. The van der Waals surface area contributed by atoms with Gasteiger partial charge in [0.2, 0.25) is 0 Å². The molecule has 0 radical (unpaired) electrons. The predicted molar refractivity (Wildman–Crippen MR) is 102 cm³/mol. The number of hydrogen-bond donors (Lipinski definition) is 1. The molecule has 0 spiro atoms. The molecule has 1 aromatic carbocycles. The summed E-state index contributed by atoms with van der Waals surface area (Å²) in [6.45, 7) is -1.15. The first-order valence-corrected chi connectivity index (χ1v) is 9.29. The Labute approximate surface area is 168 Å². The maximum Gasteiger partial charge on any atom is 0.387 e. The van der Waals surface area contributed by atoms with E-state index in [1.807, 2.05) is 0 Å². The van der Waals surface area contributed by atoms with E-state index in [4.69, 9.17) is 4.42 Å². The van der Waals surface area contributed by atoms with E-state index in [0.29, 0.717) is 16.9 Å². The second-order valence-electron chi connectivity index (χ2n) is 5.93. The number of hydrogen-bond acceptors (Lipinski definition) is 6. The summed E-state index contributed by atoms with van der Waals surface area (Å²) in [7, 11) is 0. The highest BCUT2D eigenvalue weighted by atomic mass is 32.2. The SMILES string of the molecule is Cc1occc1C(=O)NCCN1C(=O)S/C(=C\c2ccc(OC(F)F)cc2)C1=O. The van der Waals surface area contributed by atoms with Crippen molar-refractivity contribution in [1.82, 2.24) is 10.2 Å². The van der Waals surface area contributed by atoms with Gasteiger partial charge in [0.05, 0.1) is 16.7 Å². The Kier molecular flexibility index (Phi) is 6.32. The van der Waals surface area contributed by atoms with Gasteiger partial charge in [-0.15, -0.1) is 0 Å². The highest BCUT2D eigenvalue weighted by Gasteiger charge is 2.34. The number of thioether (sulfide) groups is 1. The number of carbonyl (C=O) groups is 3. The minimum absolute atomic E-state index is 0.00569. The lowest BCUT2D eigenvalue weighted by molar-refractivity contribution is -0.122. The minimum atomic E-state index is -2.92. The number of furan rings is 1. The monoisotopic (exact) mass is 422 g/mol. The minimum Gasteiger partial charge on any atom is -0.469 e. The van der Waals surface area contributed by atoms with E-state index in [1.165, 1.54) is 42.7 Å². The van der Waals surface area contributed by atoms with Crippen molar-refractivity contribution in [3.05, 3.63) is 58.4 Å². The third-order valence-electron chi connectivity index (χ3n) is 4.00. The molecule has 1 aliphatic heterocycles. The molecule has 0 aliphatic carbocycles. The van der Waals surface area contributed by atoms with Crippen LogP contribution in [0.1, 0.15) is 21.7 Å². The average molecular weight is 422 g/mol. The van der Waals surface area contributed by atoms with Crippen molar-refractivity contribution < 1.29 is 32.3 Å². The van der Waals surface area contributed by atoms with Gasteiger partial charge in [0.15, 0.2) is 0 Å². The molecule has 0 atom stereocenters. The van der Waals surface area contributed by atoms with Crippen molar-refractivity contribution in [3.63, 3.8) is 0 Å². The Bertz CT molecular complexity index is 956. The van der Waals surface area contributed by atoms with Crippen LogP contribution < -0.4 is 10.1 Å². The van der Waals surface area contributed by atoms with Crippen molar-refractivity contribution >= 4 is 34.9 Å². The van der Waals surface area contributed by atoms with Crippen LogP contribution in [0.5, 0.6) is 5.75 Å². The molecule has 1 aromatic heterocycles. The lowest BCUT2D eigenvalue weighted by atomic mass is 10.2. The zero-order valence-electron chi connectivity index (χ0n) is 15.2. The van der Waals surface area contributed by atoms with Crippen LogP contribution in [0.15, 0.2) is 45.9 Å². The number of aryl methyl sites for hydroxylation is 1. The third kappa shape index (κ3) is 5.02. The van der Waals surface area contributed by atoms with Gasteiger partial charge in [-0.25, -0.2) is 0 Å². The van der Waals surface area contributed by atoms with Gasteiger partial charge in [-0.1, -0.05) is 12.1 Å². The van der Waals surface area contributed by atoms with Crippen LogP contribution in [-0.2, 0) is 4.79 Å². The molecular formula is C19H16F2N2O5S. The summed E-state index contributed by atoms with van der Waals surface area (Å²) >= 11 is 0.770. The molecule has 3 rings (SSSR count). The van der Waals surface area contributed by atoms with Crippen molar-refractivity contribution in [2.75, 3.05) is 13.1 Å². The van der Waals surface area contributed by atoms with E-state index in [9.17, 15) is 23.2 Å². The molecule has 7 nitrogen and oxygen atoms in total. The number of carbonyl (C=O) groups excluding carboxylic acids is 3. The summed E-state index contributed by atoms with van der Waals surface area (Å²) in [4.78, 5) is 37.8. The first kappa shape index (κ1) is 20.6. The van der Waals surface area contributed by atoms with Gasteiger partial charge >= 0.3 is 6.61 Å². The second kappa shape index (κ2) is 8.91. The fourth-order valence-corrected chi connectivity index (χ4v) is 3.45. The molecule has 1 saturated heterocycles. The van der Waals surface area contributed by atoms with E-state index in [2.05, 4.69) is 10.1 Å². The summed E-state index contributed by atoms with van der Waals surface area (Å²) in [5.74, 6) is -0.373. The molecule has 0 unspecified atom stereocenters. The molecule has 1 fully saturated rings. The van der Waals surface area contributed by atoms with Crippen molar-refractivity contribution in [2.24, 2.45) is 0 Å². The number of nitrogens with zero attached hydrogens (tertiary/aromatic N) is 1. The van der Waals surface area contributed by atoms with Gasteiger partial charge in [0.25, 0.3) is 17.1 Å². The molecule has 2 heterocycles. The number of ether oxygens (including phenoxy) is 1. The Morgan fingerprint density at radius 2 is 2.00 bits per heavy atom. The number of nitrogens with one attached hydrogen (secondary N) is 1. The standard InChI is InChI=1S/C19H16F2N2O5S/c1-11-14(6-9-27-11)16(24)22-7-8-23-17(25)15(29-19(23)26)10-12-2-4-13(5-3-12)28-18(20)21/h2-6,9-10,18H,7-8H2,1H3,(H,22,24)/b15-10-. The van der Waals surface area contributed by atoms with E-state index in [-0.39, 0.29) is 29.7 Å². The number of amides is 3. The summed E-state index contributed by atoms with van der Waals surface area (Å²) in [5.41, 5.74) is 0.944. The first-order chi connectivity index (χ1) is 13.8.